The Bertz CT molecular complexity index is 1340. The third-order valence-electron chi connectivity index (χ3n) is 5.19. The van der Waals surface area contributed by atoms with E-state index in [1.807, 2.05) is 22.6 Å². The van der Waals surface area contributed by atoms with Crippen LogP contribution in [0.25, 0.3) is 27.6 Å². The van der Waals surface area contributed by atoms with Crippen molar-refractivity contribution in [2.75, 3.05) is 18.0 Å². The highest BCUT2D eigenvalue weighted by atomic mass is 125. The average Bonchev–Trinajstić information content (AvgIpc) is 3.24. The molecular formula is C24H18FIN6O3. The van der Waals surface area contributed by atoms with Crippen LogP contribution in [0.4, 0.5) is 20.6 Å². The number of carbonyl (C=O) groups is 2. The third kappa shape index (κ3) is 5.94. The Morgan fingerprint density at radius 1 is 1.29 bits per heavy atom. The number of ether oxygens (including phenoxy) is 1. The van der Waals surface area contributed by atoms with E-state index in [1.54, 1.807) is 60.9 Å². The largest absolute Gasteiger partial charge is 0.442 e. The molecule has 1 aliphatic heterocycles. The zero-order valence-corrected chi connectivity index (χ0v) is 20.3. The maximum Gasteiger partial charge on any atom is 0.414 e. The summed E-state index contributed by atoms with van der Waals surface area (Å²) in [5.41, 5.74) is 11.3. The summed E-state index contributed by atoms with van der Waals surface area (Å²) in [5.74, 6) is -0.827. The van der Waals surface area contributed by atoms with Crippen LogP contribution in [0.2, 0.25) is 0 Å². The molecule has 2 amide bonds. The van der Waals surface area contributed by atoms with E-state index in [9.17, 15) is 14.0 Å². The first-order chi connectivity index (χ1) is 16.9. The number of hydrogen-bond donors (Lipinski definition) is 1. The van der Waals surface area contributed by atoms with Gasteiger partial charge in [0.1, 0.15) is 11.9 Å². The molecule has 4 rings (SSSR count). The molecule has 1 atom stereocenters. The molecule has 0 saturated carbocycles. The van der Waals surface area contributed by atoms with Crippen LogP contribution in [0.5, 0.6) is 0 Å². The number of pyridine rings is 1. The summed E-state index contributed by atoms with van der Waals surface area (Å²) in [5, 5.41) is 6.27. The van der Waals surface area contributed by atoms with Crippen molar-refractivity contribution in [3.05, 3.63) is 92.4 Å². The van der Waals surface area contributed by atoms with Gasteiger partial charge in [0, 0.05) is 32.5 Å². The molecule has 0 spiro atoms. The van der Waals surface area contributed by atoms with Gasteiger partial charge in [-0.15, -0.1) is 0 Å². The Kier molecular flexibility index (Phi) is 7.58. The van der Waals surface area contributed by atoms with Gasteiger partial charge in [-0.05, 0) is 81.7 Å². The van der Waals surface area contributed by atoms with Gasteiger partial charge in [-0.2, -0.15) is 0 Å². The van der Waals surface area contributed by atoms with Crippen LogP contribution in [0, 0.1) is 9.39 Å². The topological polar surface area (TPSA) is 120 Å². The lowest BCUT2D eigenvalue weighted by atomic mass is 10.1. The number of aromatic nitrogens is 1. The predicted molar refractivity (Wildman–Crippen MR) is 137 cm³/mol. The quantitative estimate of drug-likeness (QED) is 0.128. The molecule has 1 aliphatic rings. The van der Waals surface area contributed by atoms with Crippen LogP contribution < -0.4 is 10.2 Å². The van der Waals surface area contributed by atoms with Crippen molar-refractivity contribution in [1.82, 2.24) is 10.3 Å². The molecule has 1 N–H and O–H groups in total. The number of rotatable bonds is 7. The van der Waals surface area contributed by atoms with E-state index in [0.29, 0.717) is 22.5 Å². The molecule has 2 heterocycles. The van der Waals surface area contributed by atoms with E-state index in [1.165, 1.54) is 17.0 Å². The molecule has 0 radical (unpaired) electrons. The van der Waals surface area contributed by atoms with E-state index in [0.717, 1.165) is 9.13 Å². The van der Waals surface area contributed by atoms with Crippen LogP contribution in [-0.2, 0) is 9.53 Å². The molecule has 9 nitrogen and oxygen atoms in total. The zero-order valence-electron chi connectivity index (χ0n) is 18.1. The van der Waals surface area contributed by atoms with Crippen LogP contribution in [0.1, 0.15) is 5.56 Å². The van der Waals surface area contributed by atoms with E-state index >= 15 is 0 Å². The third-order valence-corrected chi connectivity index (χ3v) is 6.05. The fourth-order valence-electron chi connectivity index (χ4n) is 3.48. The average molecular weight is 582 g/mol. The first-order valence-corrected chi connectivity index (χ1v) is 11.5. The molecule has 35 heavy (non-hydrogen) atoms. The lowest BCUT2D eigenvalue weighted by molar-refractivity contribution is -0.116. The van der Waals surface area contributed by atoms with E-state index in [2.05, 4.69) is 20.3 Å². The monoisotopic (exact) mass is 582 g/mol. The summed E-state index contributed by atoms with van der Waals surface area (Å²) in [7, 11) is 0. The highest BCUT2D eigenvalue weighted by molar-refractivity contribution is 14.1. The molecule has 0 unspecified atom stereocenters. The second-order valence-corrected chi connectivity index (χ2v) is 8.66. The zero-order chi connectivity index (χ0) is 24.8. The van der Waals surface area contributed by atoms with E-state index < -0.39 is 18.0 Å². The smallest absolute Gasteiger partial charge is 0.414 e. The first kappa shape index (κ1) is 24.2. The second kappa shape index (κ2) is 11.0. The van der Waals surface area contributed by atoms with Gasteiger partial charge < -0.3 is 10.1 Å². The van der Waals surface area contributed by atoms with Crippen LogP contribution in [0.15, 0.2) is 72.1 Å². The molecule has 2 aromatic carbocycles. The number of benzene rings is 2. The molecule has 11 heteroatoms. The highest BCUT2D eigenvalue weighted by Crippen LogP contribution is 2.29. The lowest BCUT2D eigenvalue weighted by Gasteiger charge is -2.14. The molecule has 3 aromatic rings. The maximum absolute atomic E-state index is 14.7. The van der Waals surface area contributed by atoms with E-state index in [4.69, 9.17) is 10.3 Å². The summed E-state index contributed by atoms with van der Waals surface area (Å²) in [6.07, 6.45) is 4.96. The standard InChI is InChI=1S/C24H18FIN6O3/c25-20-12-17(3-4-19(20)16-7-9-28-10-8-16)32-14-18(35-24(32)34)13-29-23(33)6-2-15-1-5-22(30-31-27)21(26)11-15/h1-12,18H,13-14H2,(H,29,33)/b6-2+/t18-/m0/s1/i26-2. The number of nitrogens with zero attached hydrogens (tertiary/aromatic N) is 5. The number of anilines is 1. The molecule has 1 saturated heterocycles. The van der Waals surface area contributed by atoms with Gasteiger partial charge in [-0.3, -0.25) is 14.7 Å². The fraction of sp³-hybridized carbons (Fsp3) is 0.125. The summed E-state index contributed by atoms with van der Waals surface area (Å²) in [4.78, 5) is 32.6. The number of carbonyl (C=O) groups excluding carboxylic acids is 2. The lowest BCUT2D eigenvalue weighted by Crippen LogP contribution is -2.33. The van der Waals surface area contributed by atoms with Gasteiger partial charge >= 0.3 is 6.09 Å². The van der Waals surface area contributed by atoms with Gasteiger partial charge in [0.25, 0.3) is 0 Å². The minimum Gasteiger partial charge on any atom is -0.442 e. The first-order valence-electron chi connectivity index (χ1n) is 10.4. The number of amides is 2. The molecule has 0 aliphatic carbocycles. The Labute approximate surface area is 213 Å². The molecule has 1 aromatic heterocycles. The van der Waals surface area contributed by atoms with Crippen molar-refractivity contribution in [3.63, 3.8) is 0 Å². The van der Waals surface area contributed by atoms with Gasteiger partial charge in [0.15, 0.2) is 0 Å². The fourth-order valence-corrected chi connectivity index (χ4v) is 4.12. The second-order valence-electron chi connectivity index (χ2n) is 7.50. The number of nitrogens with one attached hydrogen (secondary N) is 1. The van der Waals surface area contributed by atoms with Gasteiger partial charge in [-0.25, -0.2) is 9.18 Å². The van der Waals surface area contributed by atoms with Crippen molar-refractivity contribution < 1.29 is 18.7 Å². The van der Waals surface area contributed by atoms with Crippen LogP contribution >= 0.6 is 22.6 Å². The minimum atomic E-state index is -0.606. The summed E-state index contributed by atoms with van der Waals surface area (Å²) in [6.45, 7) is 0.284. The van der Waals surface area contributed by atoms with Crippen molar-refractivity contribution in [2.24, 2.45) is 5.11 Å². The Morgan fingerprint density at radius 3 is 2.80 bits per heavy atom. The van der Waals surface area contributed by atoms with Crippen molar-refractivity contribution >= 4 is 52.0 Å². The Morgan fingerprint density at radius 2 is 2.09 bits per heavy atom. The van der Waals surface area contributed by atoms with Crippen molar-refractivity contribution in [3.8, 4) is 11.1 Å². The Balaban J connectivity index is 1.33. The number of azide groups is 1. The van der Waals surface area contributed by atoms with Crippen LogP contribution in [0.3, 0.4) is 0 Å². The van der Waals surface area contributed by atoms with E-state index in [-0.39, 0.29) is 19.0 Å². The molecular weight excluding hydrogens is 564 g/mol. The number of halogens is 2. The number of hydrogen-bond acceptors (Lipinski definition) is 5. The summed E-state index contributed by atoms with van der Waals surface area (Å²) < 4.78 is 20.8. The minimum absolute atomic E-state index is 0.107. The van der Waals surface area contributed by atoms with Crippen molar-refractivity contribution in [2.45, 2.75) is 6.10 Å². The SMILES string of the molecule is [N-]=[N+]=Nc1ccc(/C=C/C(=O)NC[C@H]2CN(c3ccc(-c4ccncc4)c(F)c3)C(=O)O2)cc1[125I]. The number of cyclic esters (lactones) is 1. The summed E-state index contributed by atoms with van der Waals surface area (Å²) >= 11 is 2.05. The molecule has 1 fully saturated rings. The Hall–Kier alpha value is -3.96. The van der Waals surface area contributed by atoms with Gasteiger partial charge in [0.2, 0.25) is 5.91 Å². The normalized spacial score (nSPS) is 15.1. The van der Waals surface area contributed by atoms with Crippen molar-refractivity contribution in [1.29, 1.82) is 0 Å². The maximum atomic E-state index is 14.7. The van der Waals surface area contributed by atoms with Crippen LogP contribution in [-0.4, -0.2) is 36.2 Å². The molecule has 176 valence electrons. The summed E-state index contributed by atoms with van der Waals surface area (Å²) in [6, 6.07) is 13.1. The highest BCUT2D eigenvalue weighted by Gasteiger charge is 2.32. The van der Waals surface area contributed by atoms with Gasteiger partial charge in [-0.1, -0.05) is 17.2 Å². The molecule has 0 bridgehead atoms. The van der Waals surface area contributed by atoms with Gasteiger partial charge in [0.05, 0.1) is 24.5 Å². The predicted octanol–water partition coefficient (Wildman–Crippen LogP) is 5.59.